The van der Waals surface area contributed by atoms with E-state index in [0.29, 0.717) is 70.0 Å². The van der Waals surface area contributed by atoms with Gasteiger partial charge in [0.2, 0.25) is 17.7 Å². The van der Waals surface area contributed by atoms with Crippen LogP contribution in [0.4, 0.5) is 28.2 Å². The molecule has 3 saturated heterocycles. The number of likely N-dealkylation sites (tertiary alicyclic amines) is 2. The zero-order chi connectivity index (χ0) is 53.6. The third-order valence-electron chi connectivity index (χ3n) is 16.5. The van der Waals surface area contributed by atoms with E-state index >= 15 is 17.6 Å². The molecule has 5 heterocycles. The van der Waals surface area contributed by atoms with E-state index in [9.17, 15) is 24.3 Å². The molecule has 3 fully saturated rings. The Labute approximate surface area is 438 Å². The van der Waals surface area contributed by atoms with Crippen molar-refractivity contribution in [3.63, 3.8) is 0 Å². The summed E-state index contributed by atoms with van der Waals surface area (Å²) in [5, 5.41) is 19.8. The number of nitrogens with zero attached hydrogens (tertiary/aromatic N) is 5. The number of amides is 5. The number of hydrogen-bond donors (Lipinski definition) is 4. The van der Waals surface area contributed by atoms with E-state index in [-0.39, 0.29) is 106 Å². The lowest BCUT2D eigenvalue weighted by Crippen LogP contribution is -2.49. The second-order valence-corrected chi connectivity index (χ2v) is 21.1. The molecule has 0 saturated carbocycles. The molecule has 5 aromatic rings. The first-order valence-corrected chi connectivity index (χ1v) is 26.4. The number of ether oxygens (including phenoxy) is 2. The number of imide groups is 1. The lowest BCUT2D eigenvalue weighted by atomic mass is 9.76. The molecule has 0 radical (unpaired) electrons. The Hall–Kier alpha value is -6.83. The van der Waals surface area contributed by atoms with Crippen LogP contribution in [-0.4, -0.2) is 114 Å². The number of aryl methyl sites for hydroxylation is 1. The summed E-state index contributed by atoms with van der Waals surface area (Å²) >= 11 is 0. The van der Waals surface area contributed by atoms with Crippen LogP contribution in [0.2, 0.25) is 0 Å². The molecule has 10 rings (SSSR count). The molecule has 1 aliphatic carbocycles. The number of primary amides is 1. The molecule has 1 aromatic heterocycles. The van der Waals surface area contributed by atoms with Crippen LogP contribution in [0.1, 0.15) is 96.3 Å². The number of piperidine rings is 2. The number of benzene rings is 4. The van der Waals surface area contributed by atoms with Gasteiger partial charge in [0.15, 0.2) is 28.8 Å². The lowest BCUT2D eigenvalue weighted by molar-refractivity contribution is -0.136. The van der Waals surface area contributed by atoms with Crippen LogP contribution in [0.15, 0.2) is 66.7 Å². The molecule has 4 atom stereocenters. The summed E-state index contributed by atoms with van der Waals surface area (Å²) in [6, 6.07) is 14.1. The number of halogens is 4. The molecule has 402 valence electrons. The Balaban J connectivity index is 0.735. The normalized spacial score (nSPS) is 22.5. The lowest BCUT2D eigenvalue weighted by Gasteiger charge is -2.39. The van der Waals surface area contributed by atoms with Crippen LogP contribution in [-0.2, 0) is 22.2 Å². The molecule has 5 aliphatic rings. The fourth-order valence-electron chi connectivity index (χ4n) is 12.4. The van der Waals surface area contributed by atoms with Crippen LogP contribution in [0.5, 0.6) is 11.5 Å². The van der Waals surface area contributed by atoms with E-state index in [2.05, 4.69) is 26.7 Å². The van der Waals surface area contributed by atoms with Crippen LogP contribution in [0.25, 0.3) is 22.0 Å². The number of nitrogens with one attached hydrogen (secondary N) is 2. The van der Waals surface area contributed by atoms with Crippen molar-refractivity contribution in [2.75, 3.05) is 70.5 Å². The van der Waals surface area contributed by atoms with Gasteiger partial charge in [0.25, 0.3) is 0 Å². The minimum Gasteiger partial charge on any atom is -0.488 e. The van der Waals surface area contributed by atoms with Gasteiger partial charge < -0.3 is 35.4 Å². The number of carbonyl (C=O) groups is 4. The standard InChI is InChI=1S/C57H64F4N8O7/c1-32-41(58)28-44-47(46(32)49-39(53(62)72)13-14-43(50(49)60)75-26-25-70)33(2)57(76-44,38-7-5-4-6-8-38)31-63-29-34-9-11-37(12-10-34)55(73)68-22-15-35(16-23-68)30-67-20-17-36(18-21-67)48-42(59)27-40-52(51(48)61)66(3)65-54(40)69-24-19-45(71)64-56(69)74/h4-9,11,13-14,27-28,33-37,63,70H,10,12,15-26,29-31H2,1-3H3,(H2,62,72)(H,64,71,74). The van der Waals surface area contributed by atoms with Crippen molar-refractivity contribution >= 4 is 40.5 Å². The zero-order valence-electron chi connectivity index (χ0n) is 43.0. The fourth-order valence-corrected chi connectivity index (χ4v) is 12.4. The van der Waals surface area contributed by atoms with Gasteiger partial charge in [0, 0.05) is 81.4 Å². The Kier molecular flexibility index (Phi) is 15.0. The van der Waals surface area contributed by atoms with Crippen LogP contribution >= 0.6 is 0 Å². The first kappa shape index (κ1) is 52.6. The predicted molar refractivity (Wildman–Crippen MR) is 277 cm³/mol. The van der Waals surface area contributed by atoms with Crippen molar-refractivity contribution in [1.29, 1.82) is 0 Å². The van der Waals surface area contributed by atoms with Gasteiger partial charge in [-0.1, -0.05) is 49.4 Å². The topological polar surface area (TPSA) is 185 Å². The van der Waals surface area contributed by atoms with Crippen LogP contribution < -0.4 is 30.7 Å². The molecule has 0 spiro atoms. The maximum Gasteiger partial charge on any atom is 0.329 e. The van der Waals surface area contributed by atoms with E-state index in [1.165, 1.54) is 40.8 Å². The minimum absolute atomic E-state index is 0.0412. The molecule has 0 bridgehead atoms. The number of aromatic nitrogens is 2. The zero-order valence-corrected chi connectivity index (χ0v) is 43.0. The first-order valence-electron chi connectivity index (χ1n) is 26.4. The van der Waals surface area contributed by atoms with E-state index in [0.717, 1.165) is 31.4 Å². The largest absolute Gasteiger partial charge is 0.488 e. The van der Waals surface area contributed by atoms with E-state index < -0.39 is 52.6 Å². The summed E-state index contributed by atoms with van der Waals surface area (Å²) in [5.41, 5.74) is 6.14. The van der Waals surface area contributed by atoms with E-state index in [4.69, 9.17) is 15.2 Å². The Morgan fingerprint density at radius 3 is 2.34 bits per heavy atom. The first-order chi connectivity index (χ1) is 36.6. The van der Waals surface area contributed by atoms with Crippen molar-refractivity contribution in [2.45, 2.75) is 76.2 Å². The average molecular weight is 1050 g/mol. The van der Waals surface area contributed by atoms with Crippen molar-refractivity contribution in [3.8, 4) is 22.6 Å². The summed E-state index contributed by atoms with van der Waals surface area (Å²) in [5.74, 6) is -4.49. The van der Waals surface area contributed by atoms with Gasteiger partial charge in [-0.25, -0.2) is 22.4 Å². The van der Waals surface area contributed by atoms with Crippen LogP contribution in [0, 0.1) is 47.9 Å². The summed E-state index contributed by atoms with van der Waals surface area (Å²) in [4.78, 5) is 56.5. The number of aliphatic hydroxyl groups excluding tert-OH is 1. The number of carbonyl (C=O) groups excluding carboxylic acids is 4. The number of hydrogen-bond acceptors (Lipinski definition) is 10. The molecular formula is C57H64F4N8O7. The quantitative estimate of drug-likeness (QED) is 0.0599. The highest BCUT2D eigenvalue weighted by Gasteiger charge is 2.50. The van der Waals surface area contributed by atoms with Gasteiger partial charge in [-0.2, -0.15) is 5.10 Å². The number of rotatable bonds is 15. The highest BCUT2D eigenvalue weighted by Crippen LogP contribution is 2.55. The third-order valence-corrected chi connectivity index (χ3v) is 16.5. The minimum atomic E-state index is -1.07. The molecule has 4 unspecified atom stereocenters. The summed E-state index contributed by atoms with van der Waals surface area (Å²) in [6.45, 7) is 7.40. The molecular weight excluding hydrogens is 985 g/mol. The van der Waals surface area contributed by atoms with Gasteiger partial charge in [-0.3, -0.25) is 29.3 Å². The molecule has 76 heavy (non-hydrogen) atoms. The predicted octanol–water partition coefficient (Wildman–Crippen LogP) is 7.70. The van der Waals surface area contributed by atoms with Crippen LogP contribution in [0.3, 0.4) is 0 Å². The Morgan fingerprint density at radius 1 is 0.908 bits per heavy atom. The monoisotopic (exact) mass is 1050 g/mol. The van der Waals surface area contributed by atoms with E-state index in [1.807, 2.05) is 48.2 Å². The number of aliphatic hydroxyl groups is 1. The number of nitrogens with two attached hydrogens (primary N) is 1. The highest BCUT2D eigenvalue weighted by atomic mass is 19.1. The molecule has 5 N–H and O–H groups in total. The number of anilines is 1. The van der Waals surface area contributed by atoms with Gasteiger partial charge in [0.1, 0.15) is 29.5 Å². The molecule has 19 heteroatoms. The molecule has 5 amide bonds. The Morgan fingerprint density at radius 2 is 1.66 bits per heavy atom. The molecule has 4 aliphatic heterocycles. The van der Waals surface area contributed by atoms with Gasteiger partial charge in [0.05, 0.1) is 23.5 Å². The van der Waals surface area contributed by atoms with Crippen molar-refractivity contribution < 1.29 is 51.3 Å². The smallest absolute Gasteiger partial charge is 0.329 e. The third kappa shape index (κ3) is 9.81. The average Bonchev–Trinajstić information content (AvgIpc) is 3.90. The SMILES string of the molecule is Cc1c(F)cc2c(c1-c1c(C(N)=O)ccc(OCCO)c1F)C(C)C(CNCC1C=CC(C(=O)N3CCC(CN4CCC(c5c(F)cc6c(N7CCC(=O)NC7=O)nn(C)c6c5F)CC4)CC3)CC1)(c1ccccc1)O2. The van der Waals surface area contributed by atoms with E-state index in [1.54, 1.807) is 7.05 Å². The maximum atomic E-state index is 16.5. The summed E-state index contributed by atoms with van der Waals surface area (Å²) in [7, 11) is 1.56. The van der Waals surface area contributed by atoms with Gasteiger partial charge >= 0.3 is 6.03 Å². The van der Waals surface area contributed by atoms with Gasteiger partial charge in [-0.05, 0) is 111 Å². The number of fused-ring (bicyclic) bond motifs is 2. The number of urea groups is 1. The molecule has 4 aromatic carbocycles. The second kappa shape index (κ2) is 21.7. The van der Waals surface area contributed by atoms with Crippen molar-refractivity contribution in [1.82, 2.24) is 30.2 Å². The maximum absolute atomic E-state index is 16.5. The highest BCUT2D eigenvalue weighted by molar-refractivity contribution is 6.09. The second-order valence-electron chi connectivity index (χ2n) is 21.1. The van der Waals surface area contributed by atoms with Crippen molar-refractivity contribution in [2.24, 2.45) is 30.5 Å². The summed E-state index contributed by atoms with van der Waals surface area (Å²) < 4.78 is 78.2. The fraction of sp³-hybridized carbons (Fsp3) is 0.456. The Bertz CT molecular complexity index is 3100. The van der Waals surface area contributed by atoms with Crippen molar-refractivity contribution in [3.05, 3.63) is 118 Å². The van der Waals surface area contributed by atoms with Gasteiger partial charge in [-0.15, -0.1) is 0 Å². The summed E-state index contributed by atoms with van der Waals surface area (Å²) in [6.07, 6.45) is 8.59. The molecule has 15 nitrogen and oxygen atoms in total.